The Morgan fingerprint density at radius 1 is 1.19 bits per heavy atom. The molecule has 21 heavy (non-hydrogen) atoms. The van der Waals surface area contributed by atoms with Crippen LogP contribution in [0, 0.1) is 5.82 Å². The average molecular weight is 293 g/mol. The van der Waals surface area contributed by atoms with E-state index >= 15 is 0 Å². The van der Waals surface area contributed by atoms with Gasteiger partial charge >= 0.3 is 0 Å². The normalized spacial score (nSPS) is 23.2. The van der Waals surface area contributed by atoms with Crippen molar-refractivity contribution in [3.05, 3.63) is 30.1 Å². The molecule has 114 valence electrons. The number of halogens is 1. The molecule has 1 N–H and O–H groups in total. The first-order chi connectivity index (χ1) is 10.2. The number of benzene rings is 1. The van der Waals surface area contributed by atoms with Crippen LogP contribution in [0.4, 0.5) is 10.1 Å². The van der Waals surface area contributed by atoms with Gasteiger partial charge in [-0.2, -0.15) is 0 Å². The van der Waals surface area contributed by atoms with Crippen LogP contribution in [-0.2, 0) is 9.53 Å². The van der Waals surface area contributed by atoms with Crippen molar-refractivity contribution in [3.63, 3.8) is 0 Å². The van der Waals surface area contributed by atoms with Crippen LogP contribution in [0.15, 0.2) is 24.3 Å². The highest BCUT2D eigenvalue weighted by atomic mass is 19.1. The number of anilines is 1. The van der Waals surface area contributed by atoms with Gasteiger partial charge in [0.05, 0.1) is 13.2 Å². The summed E-state index contributed by atoms with van der Waals surface area (Å²) in [6, 6.07) is 6.22. The van der Waals surface area contributed by atoms with Gasteiger partial charge in [-0.1, -0.05) is 0 Å². The van der Waals surface area contributed by atoms with Crippen LogP contribution in [0.25, 0.3) is 0 Å². The molecule has 0 saturated carbocycles. The number of carbonyl (C=O) groups excluding carboxylic acids is 1. The molecule has 2 heterocycles. The van der Waals surface area contributed by atoms with Gasteiger partial charge in [-0.05, 0) is 24.3 Å². The largest absolute Gasteiger partial charge is 0.378 e. The second-order valence-corrected chi connectivity index (χ2v) is 5.37. The van der Waals surface area contributed by atoms with Crippen molar-refractivity contribution < 1.29 is 13.9 Å². The summed E-state index contributed by atoms with van der Waals surface area (Å²) in [5, 5.41) is 3.28. The topological polar surface area (TPSA) is 44.8 Å². The zero-order chi connectivity index (χ0) is 14.7. The van der Waals surface area contributed by atoms with E-state index in [1.54, 1.807) is 12.1 Å². The molecule has 0 aromatic heterocycles. The number of nitrogens with zero attached hydrogens (tertiary/aromatic N) is 2. The standard InChI is InChI=1S/C15H20FN3O2/c16-12-1-3-13(4-2-12)19-6-5-17-14(11-19)15(20)18-7-9-21-10-8-18/h1-4,14,17H,5-11H2. The molecule has 1 atom stereocenters. The zero-order valence-corrected chi connectivity index (χ0v) is 11.9. The lowest BCUT2D eigenvalue weighted by Crippen LogP contribution is -2.59. The van der Waals surface area contributed by atoms with Crippen molar-refractivity contribution in [3.8, 4) is 0 Å². The van der Waals surface area contributed by atoms with Gasteiger partial charge in [0.1, 0.15) is 11.9 Å². The molecule has 6 heteroatoms. The third-order valence-electron chi connectivity index (χ3n) is 3.99. The minimum atomic E-state index is -0.241. The number of hydrogen-bond acceptors (Lipinski definition) is 4. The predicted octanol–water partition coefficient (Wildman–Crippen LogP) is 0.463. The summed E-state index contributed by atoms with van der Waals surface area (Å²) < 4.78 is 18.3. The monoisotopic (exact) mass is 293 g/mol. The second kappa shape index (κ2) is 6.41. The summed E-state index contributed by atoms with van der Waals surface area (Å²) in [4.78, 5) is 16.5. The number of ether oxygens (including phenoxy) is 1. The fourth-order valence-corrected chi connectivity index (χ4v) is 2.81. The fraction of sp³-hybridized carbons (Fsp3) is 0.533. The van der Waals surface area contributed by atoms with E-state index in [1.165, 1.54) is 12.1 Å². The minimum absolute atomic E-state index is 0.130. The number of piperazine rings is 1. The van der Waals surface area contributed by atoms with E-state index in [4.69, 9.17) is 4.74 Å². The van der Waals surface area contributed by atoms with E-state index < -0.39 is 0 Å². The maximum absolute atomic E-state index is 13.0. The average Bonchev–Trinajstić information content (AvgIpc) is 2.56. The van der Waals surface area contributed by atoms with Crippen molar-refractivity contribution in [2.45, 2.75) is 6.04 Å². The molecule has 1 aromatic carbocycles. The number of hydrogen-bond donors (Lipinski definition) is 1. The molecular formula is C15H20FN3O2. The van der Waals surface area contributed by atoms with Crippen molar-refractivity contribution >= 4 is 11.6 Å². The Kier molecular flexibility index (Phi) is 4.36. The van der Waals surface area contributed by atoms with Gasteiger partial charge in [-0.3, -0.25) is 4.79 Å². The summed E-state index contributed by atoms with van der Waals surface area (Å²) in [6.07, 6.45) is 0. The number of morpholine rings is 1. The van der Waals surface area contributed by atoms with Crippen molar-refractivity contribution in [2.24, 2.45) is 0 Å². The zero-order valence-electron chi connectivity index (χ0n) is 11.9. The molecule has 0 radical (unpaired) electrons. The van der Waals surface area contributed by atoms with Gasteiger partial charge in [0, 0.05) is 38.4 Å². The van der Waals surface area contributed by atoms with Crippen LogP contribution < -0.4 is 10.2 Å². The molecule has 2 aliphatic heterocycles. The van der Waals surface area contributed by atoms with Gasteiger partial charge in [-0.25, -0.2) is 4.39 Å². The number of rotatable bonds is 2. The van der Waals surface area contributed by atoms with Crippen molar-refractivity contribution in [1.29, 1.82) is 0 Å². The Bertz CT molecular complexity index is 488. The van der Waals surface area contributed by atoms with E-state index in [9.17, 15) is 9.18 Å². The molecule has 0 bridgehead atoms. The van der Waals surface area contributed by atoms with Crippen LogP contribution in [0.3, 0.4) is 0 Å². The molecule has 0 aliphatic carbocycles. The van der Waals surface area contributed by atoms with Crippen LogP contribution in [0.5, 0.6) is 0 Å². The maximum atomic E-state index is 13.0. The Balaban J connectivity index is 1.64. The fourth-order valence-electron chi connectivity index (χ4n) is 2.81. The highest BCUT2D eigenvalue weighted by Crippen LogP contribution is 2.17. The summed E-state index contributed by atoms with van der Waals surface area (Å²) in [5.41, 5.74) is 0.956. The molecule has 1 unspecified atom stereocenters. The molecule has 2 aliphatic rings. The Morgan fingerprint density at radius 3 is 2.62 bits per heavy atom. The maximum Gasteiger partial charge on any atom is 0.241 e. The van der Waals surface area contributed by atoms with Gasteiger partial charge < -0.3 is 19.9 Å². The Hall–Kier alpha value is -1.66. The molecule has 5 nitrogen and oxygen atoms in total. The molecular weight excluding hydrogens is 273 g/mol. The lowest BCUT2D eigenvalue weighted by atomic mass is 10.1. The number of carbonyl (C=O) groups is 1. The summed E-state index contributed by atoms with van der Waals surface area (Å²) >= 11 is 0. The van der Waals surface area contributed by atoms with Crippen LogP contribution in [0.2, 0.25) is 0 Å². The summed E-state index contributed by atoms with van der Waals surface area (Å²) in [7, 11) is 0. The highest BCUT2D eigenvalue weighted by Gasteiger charge is 2.29. The SMILES string of the molecule is O=C(C1CN(c2ccc(F)cc2)CCN1)N1CCOCC1. The molecule has 2 saturated heterocycles. The third kappa shape index (κ3) is 3.33. The summed E-state index contributed by atoms with van der Waals surface area (Å²) in [6.45, 7) is 4.72. The first-order valence-electron chi connectivity index (χ1n) is 7.34. The molecule has 3 rings (SSSR count). The number of nitrogens with one attached hydrogen (secondary N) is 1. The van der Waals surface area contributed by atoms with Gasteiger partial charge in [0.15, 0.2) is 0 Å². The van der Waals surface area contributed by atoms with E-state index in [0.29, 0.717) is 32.8 Å². The van der Waals surface area contributed by atoms with Crippen molar-refractivity contribution in [1.82, 2.24) is 10.2 Å². The van der Waals surface area contributed by atoms with Crippen molar-refractivity contribution in [2.75, 3.05) is 50.8 Å². The van der Waals surface area contributed by atoms with E-state index in [0.717, 1.165) is 18.8 Å². The first-order valence-corrected chi connectivity index (χ1v) is 7.34. The molecule has 1 aromatic rings. The van der Waals surface area contributed by atoms with Gasteiger partial charge in [0.2, 0.25) is 5.91 Å². The molecule has 0 spiro atoms. The van der Waals surface area contributed by atoms with E-state index in [-0.39, 0.29) is 17.8 Å². The molecule has 1 amide bonds. The van der Waals surface area contributed by atoms with Crippen LogP contribution >= 0.6 is 0 Å². The summed E-state index contributed by atoms with van der Waals surface area (Å²) in [5.74, 6) is -0.111. The minimum Gasteiger partial charge on any atom is -0.378 e. The second-order valence-electron chi connectivity index (χ2n) is 5.37. The first kappa shape index (κ1) is 14.3. The van der Waals surface area contributed by atoms with Gasteiger partial charge in [-0.15, -0.1) is 0 Å². The van der Waals surface area contributed by atoms with E-state index in [1.807, 2.05) is 4.90 Å². The van der Waals surface area contributed by atoms with Gasteiger partial charge in [0.25, 0.3) is 0 Å². The van der Waals surface area contributed by atoms with E-state index in [2.05, 4.69) is 10.2 Å². The van der Waals surface area contributed by atoms with Crippen LogP contribution in [0.1, 0.15) is 0 Å². The smallest absolute Gasteiger partial charge is 0.241 e. The third-order valence-corrected chi connectivity index (χ3v) is 3.99. The molecule has 2 fully saturated rings. The highest BCUT2D eigenvalue weighted by molar-refractivity contribution is 5.83. The quantitative estimate of drug-likeness (QED) is 0.860. The predicted molar refractivity (Wildman–Crippen MR) is 77.8 cm³/mol. The van der Waals surface area contributed by atoms with Crippen LogP contribution in [-0.4, -0.2) is 62.8 Å². The number of amides is 1. The lowest BCUT2D eigenvalue weighted by molar-refractivity contribution is -0.137. The Labute approximate surface area is 123 Å². The Morgan fingerprint density at radius 2 is 1.90 bits per heavy atom. The lowest BCUT2D eigenvalue weighted by Gasteiger charge is -2.37.